The molecule has 0 saturated carbocycles. The molecule has 0 radical (unpaired) electrons. The molecule has 2 heterocycles. The first-order chi connectivity index (χ1) is 11.4. The van der Waals surface area contributed by atoms with Crippen molar-refractivity contribution in [3.63, 3.8) is 0 Å². The van der Waals surface area contributed by atoms with Crippen LogP contribution in [-0.4, -0.2) is 35.2 Å². The summed E-state index contributed by atoms with van der Waals surface area (Å²) in [6.07, 6.45) is -2.62. The van der Waals surface area contributed by atoms with Gasteiger partial charge >= 0.3 is 6.18 Å². The van der Waals surface area contributed by atoms with Gasteiger partial charge in [-0.15, -0.1) is 0 Å². The largest absolute Gasteiger partial charge is 0.393 e. The molecule has 1 aliphatic heterocycles. The van der Waals surface area contributed by atoms with Crippen LogP contribution in [0.25, 0.3) is 11.3 Å². The number of likely N-dealkylation sites (tertiary alicyclic amines) is 1. The molecule has 0 bridgehead atoms. The summed E-state index contributed by atoms with van der Waals surface area (Å²) in [4.78, 5) is 13.9. The number of rotatable bonds is 2. The van der Waals surface area contributed by atoms with E-state index in [1.807, 2.05) is 19.1 Å². The molecule has 7 heteroatoms. The van der Waals surface area contributed by atoms with Crippen molar-refractivity contribution in [2.45, 2.75) is 25.9 Å². The average molecular weight is 338 g/mol. The summed E-state index contributed by atoms with van der Waals surface area (Å²) >= 11 is 0. The van der Waals surface area contributed by atoms with Crippen LogP contribution in [0, 0.1) is 12.8 Å². The second-order valence-electron chi connectivity index (χ2n) is 6.07. The molecule has 1 saturated heterocycles. The first-order valence-corrected chi connectivity index (χ1v) is 7.74. The van der Waals surface area contributed by atoms with Gasteiger partial charge in [0.1, 0.15) is 5.56 Å². The number of hydrogen-bond donors (Lipinski definition) is 0. The maximum atomic E-state index is 12.9. The van der Waals surface area contributed by atoms with Gasteiger partial charge < -0.3 is 9.42 Å². The van der Waals surface area contributed by atoms with E-state index >= 15 is 0 Å². The van der Waals surface area contributed by atoms with Crippen LogP contribution in [0.15, 0.2) is 35.0 Å². The summed E-state index contributed by atoms with van der Waals surface area (Å²) in [6, 6.07) is 7.32. The van der Waals surface area contributed by atoms with Crippen molar-refractivity contribution in [2.75, 3.05) is 13.1 Å². The minimum absolute atomic E-state index is 0.0573. The number of carbonyl (C=O) groups is 1. The second-order valence-corrected chi connectivity index (χ2v) is 6.07. The Hall–Kier alpha value is -2.31. The number of halogens is 3. The zero-order chi connectivity index (χ0) is 17.3. The molecule has 2 aromatic rings. The van der Waals surface area contributed by atoms with Gasteiger partial charge in [-0.05, 0) is 19.8 Å². The molecular weight excluding hydrogens is 321 g/mol. The fourth-order valence-corrected chi connectivity index (χ4v) is 2.90. The summed E-state index contributed by atoms with van der Waals surface area (Å²) in [5, 5.41) is 3.66. The molecule has 4 nitrogen and oxygen atoms in total. The van der Waals surface area contributed by atoms with E-state index in [4.69, 9.17) is 4.52 Å². The third kappa shape index (κ3) is 3.29. The number of amides is 1. The van der Waals surface area contributed by atoms with Gasteiger partial charge in [-0.3, -0.25) is 4.79 Å². The predicted octanol–water partition coefficient (Wildman–Crippen LogP) is 4.06. The highest BCUT2D eigenvalue weighted by molar-refractivity contribution is 5.99. The van der Waals surface area contributed by atoms with E-state index in [1.165, 1.54) is 11.1 Å². The summed E-state index contributed by atoms with van der Waals surface area (Å²) in [6.45, 7) is 1.92. The van der Waals surface area contributed by atoms with E-state index in [-0.39, 0.29) is 24.3 Å². The summed E-state index contributed by atoms with van der Waals surface area (Å²) in [7, 11) is 0. The van der Waals surface area contributed by atoms with Crippen LogP contribution < -0.4 is 0 Å². The molecule has 1 atom stereocenters. The monoisotopic (exact) mass is 338 g/mol. The van der Waals surface area contributed by atoms with Gasteiger partial charge in [-0.1, -0.05) is 35.0 Å². The Bertz CT molecular complexity index is 722. The van der Waals surface area contributed by atoms with Crippen LogP contribution in [0.2, 0.25) is 0 Å². The number of carbonyl (C=O) groups excluding carboxylic acids is 1. The van der Waals surface area contributed by atoms with Gasteiger partial charge in [0.05, 0.1) is 12.1 Å². The second kappa shape index (κ2) is 6.30. The van der Waals surface area contributed by atoms with Gasteiger partial charge in [0.25, 0.3) is 5.91 Å². The fraction of sp³-hybridized carbons (Fsp3) is 0.412. The van der Waals surface area contributed by atoms with Crippen molar-refractivity contribution in [2.24, 2.45) is 5.92 Å². The van der Waals surface area contributed by atoms with Crippen LogP contribution in [0.5, 0.6) is 0 Å². The van der Waals surface area contributed by atoms with E-state index in [9.17, 15) is 18.0 Å². The Morgan fingerprint density at radius 1 is 1.29 bits per heavy atom. The van der Waals surface area contributed by atoms with Gasteiger partial charge in [-0.25, -0.2) is 0 Å². The van der Waals surface area contributed by atoms with Gasteiger partial charge in [0.15, 0.2) is 5.76 Å². The molecule has 0 aliphatic carbocycles. The van der Waals surface area contributed by atoms with Crippen LogP contribution >= 0.6 is 0 Å². The molecule has 24 heavy (non-hydrogen) atoms. The number of aromatic nitrogens is 1. The van der Waals surface area contributed by atoms with Gasteiger partial charge in [-0.2, -0.15) is 13.2 Å². The number of benzene rings is 1. The van der Waals surface area contributed by atoms with E-state index in [0.717, 1.165) is 5.56 Å². The number of aryl methyl sites for hydroxylation is 1. The highest BCUT2D eigenvalue weighted by atomic mass is 19.4. The van der Waals surface area contributed by atoms with Gasteiger partial charge in [0, 0.05) is 18.7 Å². The maximum Gasteiger partial charge on any atom is 0.393 e. The summed E-state index contributed by atoms with van der Waals surface area (Å²) in [5.41, 5.74) is 1.92. The van der Waals surface area contributed by atoms with E-state index < -0.39 is 18.0 Å². The smallest absolute Gasteiger partial charge is 0.355 e. The molecule has 1 fully saturated rings. The van der Waals surface area contributed by atoms with Crippen LogP contribution in [0.3, 0.4) is 0 Å². The molecule has 1 unspecified atom stereocenters. The molecule has 0 spiro atoms. The third-order valence-corrected chi connectivity index (χ3v) is 4.29. The van der Waals surface area contributed by atoms with E-state index in [0.29, 0.717) is 18.5 Å². The maximum absolute atomic E-state index is 12.9. The van der Waals surface area contributed by atoms with Crippen LogP contribution in [0.4, 0.5) is 13.2 Å². The molecule has 1 amide bonds. The van der Waals surface area contributed by atoms with E-state index in [2.05, 4.69) is 5.16 Å². The molecule has 1 aliphatic rings. The minimum atomic E-state index is -4.28. The van der Waals surface area contributed by atoms with Crippen molar-refractivity contribution in [3.8, 4) is 11.3 Å². The standard InChI is InChI=1S/C17H17F3N2O2/c1-11-4-6-12(7-5-11)15-14(9-21-24-15)16(23)22-8-2-3-13(10-22)17(18,19)20/h4-7,9,13H,2-3,8,10H2,1H3. The Labute approximate surface area is 137 Å². The van der Waals surface area contributed by atoms with Gasteiger partial charge in [0.2, 0.25) is 0 Å². The van der Waals surface area contributed by atoms with Crippen molar-refractivity contribution in [3.05, 3.63) is 41.6 Å². The lowest BCUT2D eigenvalue weighted by Crippen LogP contribution is -2.44. The zero-order valence-electron chi connectivity index (χ0n) is 13.1. The number of nitrogens with zero attached hydrogens (tertiary/aromatic N) is 2. The third-order valence-electron chi connectivity index (χ3n) is 4.29. The fourth-order valence-electron chi connectivity index (χ4n) is 2.90. The molecule has 0 N–H and O–H groups in total. The van der Waals surface area contributed by atoms with Crippen LogP contribution in [-0.2, 0) is 0 Å². The zero-order valence-corrected chi connectivity index (χ0v) is 13.1. The quantitative estimate of drug-likeness (QED) is 0.829. The lowest BCUT2D eigenvalue weighted by molar-refractivity contribution is -0.184. The first-order valence-electron chi connectivity index (χ1n) is 7.74. The lowest BCUT2D eigenvalue weighted by Gasteiger charge is -2.33. The Morgan fingerprint density at radius 3 is 2.67 bits per heavy atom. The highest BCUT2D eigenvalue weighted by Crippen LogP contribution is 2.34. The Kier molecular flexibility index (Phi) is 4.34. The molecule has 3 rings (SSSR count). The normalized spacial score (nSPS) is 18.7. The topological polar surface area (TPSA) is 46.3 Å². The minimum Gasteiger partial charge on any atom is -0.355 e. The Morgan fingerprint density at radius 2 is 2.00 bits per heavy atom. The highest BCUT2D eigenvalue weighted by Gasteiger charge is 2.43. The average Bonchev–Trinajstić information content (AvgIpc) is 3.04. The summed E-state index contributed by atoms with van der Waals surface area (Å²) < 4.78 is 44.0. The van der Waals surface area contributed by atoms with Crippen molar-refractivity contribution >= 4 is 5.91 Å². The molecule has 1 aromatic heterocycles. The van der Waals surface area contributed by atoms with Crippen molar-refractivity contribution in [1.82, 2.24) is 10.1 Å². The molecular formula is C17H17F3N2O2. The van der Waals surface area contributed by atoms with Crippen LogP contribution in [0.1, 0.15) is 28.8 Å². The number of alkyl halides is 3. The molecule has 128 valence electrons. The predicted molar refractivity (Wildman–Crippen MR) is 81.4 cm³/mol. The molecule has 1 aromatic carbocycles. The van der Waals surface area contributed by atoms with E-state index in [1.54, 1.807) is 12.1 Å². The number of piperidine rings is 1. The first kappa shape index (κ1) is 16.5. The van der Waals surface area contributed by atoms with Crippen molar-refractivity contribution in [1.29, 1.82) is 0 Å². The SMILES string of the molecule is Cc1ccc(-c2oncc2C(=O)N2CCCC(C(F)(F)F)C2)cc1. The summed E-state index contributed by atoms with van der Waals surface area (Å²) in [5.74, 6) is -1.66. The number of hydrogen-bond acceptors (Lipinski definition) is 3. The van der Waals surface area contributed by atoms with Crippen molar-refractivity contribution < 1.29 is 22.5 Å². The lowest BCUT2D eigenvalue weighted by atomic mass is 9.96. The Balaban J connectivity index is 1.83.